The van der Waals surface area contributed by atoms with E-state index in [-0.39, 0.29) is 16.9 Å². The SMILES string of the molecule is CCN(CC)CCN=CC1C(=O)N(C)C(=S)N(C)C1=O. The molecule has 0 aromatic rings. The van der Waals surface area contributed by atoms with E-state index in [0.717, 1.165) is 19.6 Å². The molecular weight excluding hydrogens is 276 g/mol. The topological polar surface area (TPSA) is 56.2 Å². The summed E-state index contributed by atoms with van der Waals surface area (Å²) in [5, 5.41) is 0.229. The van der Waals surface area contributed by atoms with Crippen LogP contribution in [0.4, 0.5) is 0 Å². The smallest absolute Gasteiger partial charge is 0.246 e. The van der Waals surface area contributed by atoms with Crippen LogP contribution >= 0.6 is 12.2 Å². The Morgan fingerprint density at radius 3 is 2.15 bits per heavy atom. The fourth-order valence-electron chi connectivity index (χ4n) is 1.98. The molecule has 0 unspecified atom stereocenters. The monoisotopic (exact) mass is 298 g/mol. The van der Waals surface area contributed by atoms with E-state index in [9.17, 15) is 9.59 Å². The molecule has 7 heteroatoms. The maximum Gasteiger partial charge on any atom is 0.246 e. The molecule has 0 N–H and O–H groups in total. The van der Waals surface area contributed by atoms with Gasteiger partial charge in [-0.15, -0.1) is 0 Å². The second kappa shape index (κ2) is 7.44. The van der Waals surface area contributed by atoms with Crippen molar-refractivity contribution in [3.63, 3.8) is 0 Å². The van der Waals surface area contributed by atoms with Gasteiger partial charge in [0.15, 0.2) is 11.0 Å². The molecule has 1 saturated heterocycles. The standard InChI is InChI=1S/C13H22N4O2S/c1-5-17(6-2)8-7-14-9-10-11(18)15(3)13(20)16(4)12(10)19/h9-10H,5-8H2,1-4H3. The summed E-state index contributed by atoms with van der Waals surface area (Å²) >= 11 is 5.02. The Morgan fingerprint density at radius 1 is 1.20 bits per heavy atom. The first-order chi connectivity index (χ1) is 9.43. The van der Waals surface area contributed by atoms with Crippen LogP contribution in [0.5, 0.6) is 0 Å². The molecule has 0 radical (unpaired) electrons. The van der Waals surface area contributed by atoms with E-state index in [1.165, 1.54) is 16.0 Å². The predicted octanol–water partition coefficient (Wildman–Crippen LogP) is 0.231. The first-order valence-electron chi connectivity index (χ1n) is 6.75. The summed E-state index contributed by atoms with van der Waals surface area (Å²) < 4.78 is 0. The van der Waals surface area contributed by atoms with Gasteiger partial charge in [-0.2, -0.15) is 0 Å². The summed E-state index contributed by atoms with van der Waals surface area (Å²) in [5.41, 5.74) is 0. The zero-order valence-electron chi connectivity index (χ0n) is 12.5. The summed E-state index contributed by atoms with van der Waals surface area (Å²) in [6, 6.07) is 0. The number of rotatable bonds is 6. The molecule has 1 fully saturated rings. The van der Waals surface area contributed by atoms with Crippen LogP contribution in [0.25, 0.3) is 0 Å². The number of carbonyl (C=O) groups excluding carboxylic acids is 2. The molecule has 0 saturated carbocycles. The highest BCUT2D eigenvalue weighted by atomic mass is 32.1. The van der Waals surface area contributed by atoms with Crippen molar-refractivity contribution in [3.8, 4) is 0 Å². The first kappa shape index (κ1) is 16.7. The Morgan fingerprint density at radius 2 is 1.70 bits per heavy atom. The van der Waals surface area contributed by atoms with Gasteiger partial charge in [0.25, 0.3) is 0 Å². The normalized spacial score (nSPS) is 17.9. The first-order valence-corrected chi connectivity index (χ1v) is 7.16. The molecule has 0 aliphatic carbocycles. The number of likely N-dealkylation sites (N-methyl/N-ethyl adjacent to an activating group) is 1. The minimum atomic E-state index is -0.853. The van der Waals surface area contributed by atoms with E-state index in [4.69, 9.17) is 12.2 Å². The molecule has 1 heterocycles. The van der Waals surface area contributed by atoms with E-state index in [1.54, 1.807) is 14.1 Å². The van der Waals surface area contributed by atoms with Crippen molar-refractivity contribution >= 4 is 35.4 Å². The van der Waals surface area contributed by atoms with Crippen LogP contribution in [-0.4, -0.2) is 78.1 Å². The van der Waals surface area contributed by atoms with Crippen molar-refractivity contribution < 1.29 is 9.59 Å². The van der Waals surface area contributed by atoms with Gasteiger partial charge in [0, 0.05) is 26.9 Å². The van der Waals surface area contributed by atoms with Gasteiger partial charge < -0.3 is 4.90 Å². The second-order valence-corrected chi connectivity index (χ2v) is 5.00. The molecule has 0 bridgehead atoms. The van der Waals surface area contributed by atoms with Crippen LogP contribution < -0.4 is 0 Å². The maximum atomic E-state index is 12.0. The van der Waals surface area contributed by atoms with Gasteiger partial charge in [-0.25, -0.2) is 0 Å². The number of amides is 2. The number of aliphatic imine (C=N–C) groups is 1. The largest absolute Gasteiger partial charge is 0.302 e. The van der Waals surface area contributed by atoms with E-state index >= 15 is 0 Å². The molecule has 6 nitrogen and oxygen atoms in total. The van der Waals surface area contributed by atoms with Gasteiger partial charge in [0.05, 0.1) is 6.54 Å². The summed E-state index contributed by atoms with van der Waals surface area (Å²) in [6.45, 7) is 7.51. The van der Waals surface area contributed by atoms with E-state index in [1.807, 2.05) is 0 Å². The zero-order valence-corrected chi connectivity index (χ0v) is 13.3. The van der Waals surface area contributed by atoms with E-state index < -0.39 is 5.92 Å². The third kappa shape index (κ3) is 3.61. The second-order valence-electron chi connectivity index (χ2n) is 4.64. The zero-order chi connectivity index (χ0) is 15.3. The minimum absolute atomic E-state index is 0.229. The third-order valence-corrected chi connectivity index (χ3v) is 4.01. The molecular formula is C13H22N4O2S. The van der Waals surface area contributed by atoms with Crippen molar-refractivity contribution in [1.29, 1.82) is 0 Å². The Bertz CT molecular complexity index is 397. The van der Waals surface area contributed by atoms with Gasteiger partial charge in [-0.1, -0.05) is 13.8 Å². The lowest BCUT2D eigenvalue weighted by Gasteiger charge is -2.33. The molecule has 20 heavy (non-hydrogen) atoms. The molecule has 1 aliphatic rings. The lowest BCUT2D eigenvalue weighted by Crippen LogP contribution is -2.57. The maximum absolute atomic E-state index is 12.0. The van der Waals surface area contributed by atoms with Gasteiger partial charge in [-0.3, -0.25) is 24.4 Å². The molecule has 112 valence electrons. The number of thiocarbonyl (C=S) groups is 1. The fraction of sp³-hybridized carbons (Fsp3) is 0.692. The quantitative estimate of drug-likeness (QED) is 0.400. The van der Waals surface area contributed by atoms with Crippen LogP contribution in [0.15, 0.2) is 4.99 Å². The van der Waals surface area contributed by atoms with Crippen molar-refractivity contribution in [1.82, 2.24) is 14.7 Å². The number of nitrogens with zero attached hydrogens (tertiary/aromatic N) is 4. The molecule has 0 aromatic heterocycles. The number of hydrogen-bond donors (Lipinski definition) is 0. The molecule has 0 aromatic carbocycles. The van der Waals surface area contributed by atoms with Crippen LogP contribution in [0.1, 0.15) is 13.8 Å². The Hall–Kier alpha value is -1.34. The van der Waals surface area contributed by atoms with Gasteiger partial charge in [0.2, 0.25) is 11.8 Å². The van der Waals surface area contributed by atoms with Crippen molar-refractivity contribution in [2.75, 3.05) is 40.3 Å². The van der Waals surface area contributed by atoms with E-state index in [2.05, 4.69) is 23.7 Å². The molecule has 2 amide bonds. The van der Waals surface area contributed by atoms with Gasteiger partial charge >= 0.3 is 0 Å². The van der Waals surface area contributed by atoms with Crippen LogP contribution in [0, 0.1) is 5.92 Å². The van der Waals surface area contributed by atoms with Crippen LogP contribution in [-0.2, 0) is 9.59 Å². The third-order valence-electron chi connectivity index (χ3n) is 3.46. The molecule has 1 rings (SSSR count). The minimum Gasteiger partial charge on any atom is -0.302 e. The highest BCUT2D eigenvalue weighted by molar-refractivity contribution is 7.80. The van der Waals surface area contributed by atoms with Gasteiger partial charge in [0.1, 0.15) is 0 Å². The summed E-state index contributed by atoms with van der Waals surface area (Å²) in [6.07, 6.45) is 1.45. The Balaban J connectivity index is 2.64. The summed E-state index contributed by atoms with van der Waals surface area (Å²) in [5.74, 6) is -1.48. The number of hydrogen-bond acceptors (Lipinski definition) is 5. The van der Waals surface area contributed by atoms with Crippen molar-refractivity contribution in [3.05, 3.63) is 0 Å². The Labute approximate surface area is 125 Å². The summed E-state index contributed by atoms with van der Waals surface area (Å²) in [7, 11) is 3.15. The Kier molecular flexibility index (Phi) is 6.22. The predicted molar refractivity (Wildman–Crippen MR) is 82.8 cm³/mol. The highest BCUT2D eigenvalue weighted by Crippen LogP contribution is 2.13. The van der Waals surface area contributed by atoms with E-state index in [0.29, 0.717) is 6.54 Å². The van der Waals surface area contributed by atoms with Crippen molar-refractivity contribution in [2.24, 2.45) is 10.9 Å². The lowest BCUT2D eigenvalue weighted by atomic mass is 10.1. The molecule has 1 aliphatic heterocycles. The molecule has 0 atom stereocenters. The van der Waals surface area contributed by atoms with Crippen LogP contribution in [0.2, 0.25) is 0 Å². The average molecular weight is 298 g/mol. The van der Waals surface area contributed by atoms with Gasteiger partial charge in [-0.05, 0) is 25.3 Å². The van der Waals surface area contributed by atoms with Crippen molar-refractivity contribution in [2.45, 2.75) is 13.8 Å². The van der Waals surface area contributed by atoms with Crippen LogP contribution in [0.3, 0.4) is 0 Å². The lowest BCUT2D eigenvalue weighted by molar-refractivity contribution is -0.142. The average Bonchev–Trinajstić information content (AvgIpc) is 2.46. The number of carbonyl (C=O) groups is 2. The fourth-order valence-corrected chi connectivity index (χ4v) is 2.16. The summed E-state index contributed by atoms with van der Waals surface area (Å²) in [4.78, 5) is 33.1. The highest BCUT2D eigenvalue weighted by Gasteiger charge is 2.39. The molecule has 0 spiro atoms.